The maximum absolute atomic E-state index is 12.4. The fourth-order valence-electron chi connectivity index (χ4n) is 2.69. The molecule has 1 fully saturated rings. The van der Waals surface area contributed by atoms with Gasteiger partial charge >= 0.3 is 6.18 Å². The van der Waals surface area contributed by atoms with Crippen LogP contribution in [-0.2, 0) is 0 Å². The quantitative estimate of drug-likeness (QED) is 0.834. The van der Waals surface area contributed by atoms with Gasteiger partial charge in [0.2, 0.25) is 0 Å². The van der Waals surface area contributed by atoms with Crippen LogP contribution in [0.5, 0.6) is 0 Å². The van der Waals surface area contributed by atoms with Crippen molar-refractivity contribution in [1.29, 1.82) is 0 Å². The van der Waals surface area contributed by atoms with Crippen molar-refractivity contribution in [2.75, 3.05) is 45.0 Å². The summed E-state index contributed by atoms with van der Waals surface area (Å²) in [5, 5.41) is 0. The number of rotatable bonds is 5. The molecule has 1 aliphatic rings. The summed E-state index contributed by atoms with van der Waals surface area (Å²) in [6.07, 6.45) is -4.10. The fourth-order valence-corrected chi connectivity index (χ4v) is 3.02. The smallest absolute Gasteiger partial charge is 0.300 e. The topological polar surface area (TPSA) is 6.48 Å². The minimum atomic E-state index is -4.10. The van der Waals surface area contributed by atoms with Crippen LogP contribution in [0.2, 0.25) is 0 Å². The lowest BCUT2D eigenvalue weighted by molar-refractivity contribution is -0.149. The van der Waals surface area contributed by atoms with E-state index < -0.39 is 12.7 Å². The van der Waals surface area contributed by atoms with Crippen molar-refractivity contribution in [2.24, 2.45) is 0 Å². The summed E-state index contributed by atoms with van der Waals surface area (Å²) in [5.41, 5.74) is 1.24. The molecule has 1 atom stereocenters. The summed E-state index contributed by atoms with van der Waals surface area (Å²) in [5.74, 6) is 1.07. The van der Waals surface area contributed by atoms with Crippen molar-refractivity contribution in [1.82, 2.24) is 9.80 Å². The van der Waals surface area contributed by atoms with Crippen LogP contribution in [0.25, 0.3) is 0 Å². The Morgan fingerprint density at radius 3 is 2.10 bits per heavy atom. The van der Waals surface area contributed by atoms with Crippen LogP contribution in [0, 0.1) is 0 Å². The van der Waals surface area contributed by atoms with Crippen LogP contribution in [-0.4, -0.2) is 61.0 Å². The van der Waals surface area contributed by atoms with Gasteiger partial charge in [0.15, 0.2) is 0 Å². The lowest BCUT2D eigenvalue weighted by Crippen LogP contribution is -2.50. The summed E-state index contributed by atoms with van der Waals surface area (Å²) in [4.78, 5) is 3.72. The molecule has 0 radical (unpaired) electrons. The third-order valence-corrected chi connectivity index (χ3v) is 4.28. The van der Waals surface area contributed by atoms with Crippen LogP contribution in [0.1, 0.15) is 11.5 Å². The standard InChI is InChI=1S/C15H21F3N2S/c16-15(17,18)12-20-8-6-19(7-9-20)10-14(11-21)13-4-2-1-3-5-13/h1-5,14,21H,6-12H2. The van der Waals surface area contributed by atoms with Crippen molar-refractivity contribution in [3.63, 3.8) is 0 Å². The Hall–Kier alpha value is -0.720. The van der Waals surface area contributed by atoms with Gasteiger partial charge in [-0.25, -0.2) is 0 Å². The highest BCUT2D eigenvalue weighted by atomic mass is 32.1. The summed E-state index contributed by atoms with van der Waals surface area (Å²) in [7, 11) is 0. The Morgan fingerprint density at radius 1 is 1.00 bits per heavy atom. The van der Waals surface area contributed by atoms with E-state index in [4.69, 9.17) is 0 Å². The minimum Gasteiger partial charge on any atom is -0.300 e. The zero-order valence-electron chi connectivity index (χ0n) is 11.9. The van der Waals surface area contributed by atoms with Crippen LogP contribution in [0.4, 0.5) is 13.2 Å². The molecule has 1 unspecified atom stereocenters. The molecule has 1 aliphatic heterocycles. The molecule has 1 heterocycles. The minimum absolute atomic E-state index is 0.323. The molecule has 1 saturated heterocycles. The van der Waals surface area contributed by atoms with Gasteiger partial charge in [-0.2, -0.15) is 25.8 Å². The first-order chi connectivity index (χ1) is 9.98. The molecule has 0 saturated carbocycles. The van der Waals surface area contributed by atoms with Crippen LogP contribution < -0.4 is 0 Å². The zero-order chi connectivity index (χ0) is 15.3. The number of nitrogens with zero attached hydrogens (tertiary/aromatic N) is 2. The van der Waals surface area contributed by atoms with Gasteiger partial charge in [-0.3, -0.25) is 4.90 Å². The van der Waals surface area contributed by atoms with Gasteiger partial charge in [-0.1, -0.05) is 30.3 Å². The first-order valence-corrected chi connectivity index (χ1v) is 7.78. The molecular weight excluding hydrogens is 297 g/mol. The van der Waals surface area contributed by atoms with Crippen LogP contribution in [0.15, 0.2) is 30.3 Å². The summed E-state index contributed by atoms with van der Waals surface area (Å²) >= 11 is 4.41. The molecule has 0 amide bonds. The number of thiol groups is 1. The Bertz CT molecular complexity index is 417. The molecule has 1 aromatic carbocycles. The predicted octanol–water partition coefficient (Wildman–Crippen LogP) is 2.88. The molecule has 6 heteroatoms. The number of halogens is 3. The molecule has 2 nitrogen and oxygen atoms in total. The average molecular weight is 318 g/mol. The Kier molecular flexibility index (Phi) is 5.96. The number of alkyl halides is 3. The number of hydrogen-bond acceptors (Lipinski definition) is 3. The van der Waals surface area contributed by atoms with Crippen molar-refractivity contribution >= 4 is 12.6 Å². The first kappa shape index (κ1) is 16.6. The van der Waals surface area contributed by atoms with Gasteiger partial charge in [-0.05, 0) is 11.3 Å². The SMILES string of the molecule is FC(F)(F)CN1CCN(CC(CS)c2ccccc2)CC1. The van der Waals surface area contributed by atoms with Gasteiger partial charge in [0.25, 0.3) is 0 Å². The third-order valence-electron chi connectivity index (χ3n) is 3.84. The van der Waals surface area contributed by atoms with Crippen molar-refractivity contribution in [3.05, 3.63) is 35.9 Å². The van der Waals surface area contributed by atoms with E-state index in [-0.39, 0.29) is 0 Å². The Labute approximate surface area is 129 Å². The van der Waals surface area contributed by atoms with Gasteiger partial charge in [-0.15, -0.1) is 0 Å². The Morgan fingerprint density at radius 2 is 1.57 bits per heavy atom. The van der Waals surface area contributed by atoms with E-state index in [1.807, 2.05) is 18.2 Å². The van der Waals surface area contributed by atoms with E-state index in [0.29, 0.717) is 32.1 Å². The molecule has 0 bridgehead atoms. The number of hydrogen-bond donors (Lipinski definition) is 1. The van der Waals surface area contributed by atoms with Crippen molar-refractivity contribution < 1.29 is 13.2 Å². The second kappa shape index (κ2) is 7.51. The second-order valence-electron chi connectivity index (χ2n) is 5.48. The molecular formula is C15H21F3N2S. The molecule has 0 aromatic heterocycles. The highest BCUT2D eigenvalue weighted by Gasteiger charge is 2.32. The van der Waals surface area contributed by atoms with Gasteiger partial charge in [0, 0.05) is 38.6 Å². The Balaban J connectivity index is 1.82. The van der Waals surface area contributed by atoms with Gasteiger partial charge in [0.05, 0.1) is 6.54 Å². The van der Waals surface area contributed by atoms with E-state index in [1.54, 1.807) is 0 Å². The lowest BCUT2D eigenvalue weighted by Gasteiger charge is -2.36. The molecule has 0 N–H and O–H groups in total. The summed E-state index contributed by atoms with van der Waals surface area (Å²) < 4.78 is 37.1. The van der Waals surface area contributed by atoms with E-state index >= 15 is 0 Å². The van der Waals surface area contributed by atoms with E-state index in [9.17, 15) is 13.2 Å². The fraction of sp³-hybridized carbons (Fsp3) is 0.600. The van der Waals surface area contributed by atoms with Gasteiger partial charge in [0.1, 0.15) is 0 Å². The summed E-state index contributed by atoms with van der Waals surface area (Å²) in [6.45, 7) is 2.39. The van der Waals surface area contributed by atoms with E-state index in [0.717, 1.165) is 12.3 Å². The van der Waals surface area contributed by atoms with Gasteiger partial charge < -0.3 is 4.90 Å². The molecule has 0 spiro atoms. The van der Waals surface area contributed by atoms with E-state index in [2.05, 4.69) is 29.7 Å². The molecule has 21 heavy (non-hydrogen) atoms. The molecule has 2 rings (SSSR count). The molecule has 118 valence electrons. The largest absolute Gasteiger partial charge is 0.401 e. The number of piperazine rings is 1. The molecule has 1 aromatic rings. The molecule has 0 aliphatic carbocycles. The summed E-state index contributed by atoms with van der Waals surface area (Å²) in [6, 6.07) is 10.2. The van der Waals surface area contributed by atoms with E-state index in [1.165, 1.54) is 10.5 Å². The van der Waals surface area contributed by atoms with Crippen molar-refractivity contribution in [3.8, 4) is 0 Å². The highest BCUT2D eigenvalue weighted by molar-refractivity contribution is 7.80. The first-order valence-electron chi connectivity index (χ1n) is 7.15. The van der Waals surface area contributed by atoms with Crippen LogP contribution in [0.3, 0.4) is 0 Å². The second-order valence-corrected chi connectivity index (χ2v) is 5.85. The monoisotopic (exact) mass is 318 g/mol. The predicted molar refractivity (Wildman–Crippen MR) is 82.0 cm³/mol. The number of benzene rings is 1. The lowest BCUT2D eigenvalue weighted by atomic mass is 10.00. The van der Waals surface area contributed by atoms with Crippen LogP contribution >= 0.6 is 12.6 Å². The van der Waals surface area contributed by atoms with Crippen molar-refractivity contribution in [2.45, 2.75) is 12.1 Å². The zero-order valence-corrected chi connectivity index (χ0v) is 12.8. The maximum atomic E-state index is 12.4. The normalized spacial score (nSPS) is 19.6. The highest BCUT2D eigenvalue weighted by Crippen LogP contribution is 2.21. The maximum Gasteiger partial charge on any atom is 0.401 e. The third kappa shape index (κ3) is 5.52. The average Bonchev–Trinajstić information content (AvgIpc) is 2.46.